The van der Waals surface area contributed by atoms with Crippen molar-refractivity contribution in [2.24, 2.45) is 0 Å². The van der Waals surface area contributed by atoms with Gasteiger partial charge in [0, 0.05) is 13.1 Å². The normalized spacial score (nSPS) is 20.4. The molecule has 0 spiro atoms. The van der Waals surface area contributed by atoms with Gasteiger partial charge in [0.15, 0.2) is 0 Å². The number of likely N-dealkylation sites (tertiary alicyclic amines) is 1. The second-order valence-electron chi connectivity index (χ2n) is 5.13. The number of furan rings is 1. The number of halogens is 1. The second-order valence-corrected chi connectivity index (χ2v) is 5.13. The van der Waals surface area contributed by atoms with Crippen LogP contribution in [0.3, 0.4) is 0 Å². The fraction of sp³-hybridized carbons (Fsp3) is 0.429. The average molecular weight is 249 g/mol. The van der Waals surface area contributed by atoms with Crippen molar-refractivity contribution in [2.45, 2.75) is 18.4 Å². The second kappa shape index (κ2) is 4.07. The van der Waals surface area contributed by atoms with Crippen molar-refractivity contribution >= 4 is 11.0 Å². The zero-order chi connectivity index (χ0) is 12.8. The maximum Gasteiger partial charge on any atom is 0.137 e. The molecule has 1 saturated heterocycles. The van der Waals surface area contributed by atoms with E-state index in [0.29, 0.717) is 29.4 Å². The van der Waals surface area contributed by atoms with Gasteiger partial charge in [0.1, 0.15) is 11.4 Å². The van der Waals surface area contributed by atoms with E-state index in [0.717, 1.165) is 13.1 Å². The Bertz CT molecular complexity index is 570. The summed E-state index contributed by atoms with van der Waals surface area (Å²) in [4.78, 5) is 2.16. The molecule has 0 unspecified atom stereocenters. The third-order valence-electron chi connectivity index (χ3n) is 3.87. The van der Waals surface area contributed by atoms with Gasteiger partial charge < -0.3 is 14.4 Å². The van der Waals surface area contributed by atoms with Crippen LogP contribution in [-0.2, 0) is 5.60 Å². The van der Waals surface area contributed by atoms with Crippen LogP contribution in [0.25, 0.3) is 11.0 Å². The van der Waals surface area contributed by atoms with E-state index in [4.69, 9.17) is 4.42 Å². The zero-order valence-corrected chi connectivity index (χ0v) is 10.3. The van der Waals surface area contributed by atoms with Gasteiger partial charge in [-0.05, 0) is 43.7 Å². The fourth-order valence-corrected chi connectivity index (χ4v) is 2.57. The smallest absolute Gasteiger partial charge is 0.137 e. The van der Waals surface area contributed by atoms with Crippen molar-refractivity contribution in [3.05, 3.63) is 35.8 Å². The fourth-order valence-electron chi connectivity index (χ4n) is 2.57. The van der Waals surface area contributed by atoms with Crippen molar-refractivity contribution in [3.63, 3.8) is 0 Å². The molecular weight excluding hydrogens is 233 g/mol. The summed E-state index contributed by atoms with van der Waals surface area (Å²) in [6.45, 7) is 1.63. The van der Waals surface area contributed by atoms with Crippen molar-refractivity contribution in [1.29, 1.82) is 0 Å². The van der Waals surface area contributed by atoms with Gasteiger partial charge in [0.25, 0.3) is 0 Å². The van der Waals surface area contributed by atoms with Crippen LogP contribution in [0.1, 0.15) is 18.4 Å². The molecule has 1 aliphatic rings. The van der Waals surface area contributed by atoms with Crippen LogP contribution in [0.2, 0.25) is 0 Å². The lowest BCUT2D eigenvalue weighted by molar-refractivity contribution is -0.0204. The molecule has 0 aliphatic carbocycles. The van der Waals surface area contributed by atoms with E-state index in [9.17, 15) is 9.50 Å². The van der Waals surface area contributed by atoms with E-state index < -0.39 is 5.60 Å². The zero-order valence-electron chi connectivity index (χ0n) is 10.3. The molecule has 0 amide bonds. The summed E-state index contributed by atoms with van der Waals surface area (Å²) >= 11 is 0. The Morgan fingerprint density at radius 1 is 1.33 bits per heavy atom. The molecule has 3 rings (SSSR count). The average Bonchev–Trinajstić information content (AvgIpc) is 2.82. The highest BCUT2D eigenvalue weighted by Crippen LogP contribution is 2.35. The number of benzene rings is 1. The quantitative estimate of drug-likeness (QED) is 0.843. The monoisotopic (exact) mass is 249 g/mol. The van der Waals surface area contributed by atoms with Crippen molar-refractivity contribution in [2.75, 3.05) is 20.1 Å². The van der Waals surface area contributed by atoms with E-state index in [1.807, 2.05) is 7.05 Å². The van der Waals surface area contributed by atoms with Gasteiger partial charge in [-0.1, -0.05) is 0 Å². The topological polar surface area (TPSA) is 36.6 Å². The molecule has 2 heterocycles. The van der Waals surface area contributed by atoms with Crippen LogP contribution in [-0.4, -0.2) is 30.1 Å². The molecule has 3 nitrogen and oxygen atoms in total. The minimum Gasteiger partial charge on any atom is -0.464 e. The lowest BCUT2D eigenvalue weighted by atomic mass is 9.84. The van der Waals surface area contributed by atoms with Gasteiger partial charge in [0.2, 0.25) is 0 Å². The maximum atomic E-state index is 13.9. The van der Waals surface area contributed by atoms with Crippen LogP contribution in [0.15, 0.2) is 28.9 Å². The lowest BCUT2D eigenvalue weighted by Gasteiger charge is -2.36. The van der Waals surface area contributed by atoms with Crippen LogP contribution < -0.4 is 0 Å². The number of rotatable bonds is 1. The molecule has 4 heteroatoms. The van der Waals surface area contributed by atoms with Crippen LogP contribution >= 0.6 is 0 Å². The Hall–Kier alpha value is -1.39. The standard InChI is InChI=1S/C14H16FNO2/c1-16-5-3-14(17,4-6-16)10-8-12(15)11-2-7-18-13(11)9-10/h2,7-9,17H,3-6H2,1H3. The Morgan fingerprint density at radius 3 is 2.78 bits per heavy atom. The van der Waals surface area contributed by atoms with E-state index in [2.05, 4.69) is 4.90 Å². The van der Waals surface area contributed by atoms with Crippen LogP contribution in [0, 0.1) is 5.82 Å². The number of hydrogen-bond acceptors (Lipinski definition) is 3. The molecule has 1 N–H and O–H groups in total. The number of aliphatic hydroxyl groups is 1. The molecular formula is C14H16FNO2. The van der Waals surface area contributed by atoms with Gasteiger partial charge in [-0.3, -0.25) is 0 Å². The van der Waals surface area contributed by atoms with Gasteiger partial charge >= 0.3 is 0 Å². The van der Waals surface area contributed by atoms with E-state index in [1.165, 1.54) is 12.3 Å². The summed E-state index contributed by atoms with van der Waals surface area (Å²) in [5.74, 6) is -0.330. The molecule has 96 valence electrons. The van der Waals surface area contributed by atoms with Crippen LogP contribution in [0.5, 0.6) is 0 Å². The van der Waals surface area contributed by atoms with E-state index >= 15 is 0 Å². The first-order valence-corrected chi connectivity index (χ1v) is 6.17. The number of nitrogens with zero attached hydrogens (tertiary/aromatic N) is 1. The minimum atomic E-state index is -0.936. The van der Waals surface area contributed by atoms with Gasteiger partial charge in [-0.15, -0.1) is 0 Å². The molecule has 0 bridgehead atoms. The summed E-state index contributed by atoms with van der Waals surface area (Å²) in [5, 5.41) is 11.1. The molecule has 2 aromatic rings. The van der Waals surface area contributed by atoms with Gasteiger partial charge in [-0.2, -0.15) is 0 Å². The summed E-state index contributed by atoms with van der Waals surface area (Å²) in [5.41, 5.74) is 0.182. The molecule has 1 aromatic carbocycles. The first-order chi connectivity index (χ1) is 8.58. The molecule has 18 heavy (non-hydrogen) atoms. The van der Waals surface area contributed by atoms with E-state index in [-0.39, 0.29) is 5.82 Å². The van der Waals surface area contributed by atoms with Gasteiger partial charge in [-0.25, -0.2) is 4.39 Å². The first kappa shape index (κ1) is 11.7. The molecule has 1 aromatic heterocycles. The molecule has 0 atom stereocenters. The Balaban J connectivity index is 2.03. The SMILES string of the molecule is CN1CCC(O)(c2cc(F)c3ccoc3c2)CC1. The highest BCUT2D eigenvalue weighted by molar-refractivity contribution is 5.78. The molecule has 0 radical (unpaired) electrons. The van der Waals surface area contributed by atoms with Crippen molar-refractivity contribution < 1.29 is 13.9 Å². The maximum absolute atomic E-state index is 13.9. The molecule has 1 fully saturated rings. The van der Waals surface area contributed by atoms with Gasteiger partial charge in [0.05, 0.1) is 17.3 Å². The minimum absolute atomic E-state index is 0.330. The van der Waals surface area contributed by atoms with E-state index in [1.54, 1.807) is 12.1 Å². The largest absolute Gasteiger partial charge is 0.464 e. The first-order valence-electron chi connectivity index (χ1n) is 6.17. The summed E-state index contributed by atoms with van der Waals surface area (Å²) < 4.78 is 19.1. The number of fused-ring (bicyclic) bond motifs is 1. The molecule has 1 aliphatic heterocycles. The predicted molar refractivity (Wildman–Crippen MR) is 66.8 cm³/mol. The highest BCUT2D eigenvalue weighted by atomic mass is 19.1. The summed E-state index contributed by atoms with van der Waals surface area (Å²) in [6.07, 6.45) is 2.71. The third kappa shape index (κ3) is 1.82. The van der Waals surface area contributed by atoms with Crippen molar-refractivity contribution in [1.82, 2.24) is 4.90 Å². The summed E-state index contributed by atoms with van der Waals surface area (Å²) in [6, 6.07) is 4.79. The highest BCUT2D eigenvalue weighted by Gasteiger charge is 2.33. The summed E-state index contributed by atoms with van der Waals surface area (Å²) in [7, 11) is 2.02. The van der Waals surface area contributed by atoms with Crippen molar-refractivity contribution in [3.8, 4) is 0 Å². The predicted octanol–water partition coefficient (Wildman–Crippen LogP) is 2.49. The lowest BCUT2D eigenvalue weighted by Crippen LogP contribution is -2.40. The number of hydrogen-bond donors (Lipinski definition) is 1. The Kier molecular flexibility index (Phi) is 2.64. The van der Waals surface area contributed by atoms with Crippen LogP contribution in [0.4, 0.5) is 4.39 Å². The Morgan fingerprint density at radius 2 is 2.06 bits per heavy atom. The number of piperidine rings is 1. The third-order valence-corrected chi connectivity index (χ3v) is 3.87. The Labute approximate surface area is 105 Å². The molecule has 0 saturated carbocycles.